The van der Waals surface area contributed by atoms with Crippen LogP contribution in [0.15, 0.2) is 68.7 Å². The lowest BCUT2D eigenvalue weighted by atomic mass is 10.1. The number of fused-ring (bicyclic) bond motifs is 1. The minimum absolute atomic E-state index is 0.0783. The number of aryl methyl sites for hydroxylation is 1. The number of carbonyl (C=O) groups excluding carboxylic acids is 1. The number of nitrogens with zero attached hydrogens (tertiary/aromatic N) is 1. The van der Waals surface area contributed by atoms with Gasteiger partial charge in [-0.15, -0.1) is 0 Å². The van der Waals surface area contributed by atoms with Crippen LogP contribution in [0, 0.1) is 6.92 Å². The molecule has 33 heavy (non-hydrogen) atoms. The number of morpholine rings is 1. The highest BCUT2D eigenvalue weighted by atomic mass is 32.2. The number of ether oxygens (including phenoxy) is 2. The monoisotopic (exact) mass is 469 g/mol. The fourth-order valence-electron chi connectivity index (χ4n) is 3.50. The summed E-state index contributed by atoms with van der Waals surface area (Å²) in [4.78, 5) is 24.2. The molecule has 4 rings (SSSR count). The maximum atomic E-state index is 12.7. The predicted octanol–water partition coefficient (Wildman–Crippen LogP) is 2.88. The molecule has 0 N–H and O–H groups in total. The zero-order valence-electron chi connectivity index (χ0n) is 18.0. The Hall–Kier alpha value is -3.27. The Kier molecular flexibility index (Phi) is 6.73. The normalized spacial score (nSPS) is 15.2. The third-order valence-electron chi connectivity index (χ3n) is 5.26. The Balaban J connectivity index is 1.40. The maximum Gasteiger partial charge on any atom is 0.336 e. The van der Waals surface area contributed by atoms with E-state index in [1.807, 2.05) is 19.1 Å². The SMILES string of the molecule is Cc1ccc2c(COC(=O)/C=C/c3ccc(S(=O)(=O)N4CCOCC4)cc3)cc(=O)oc2c1. The summed E-state index contributed by atoms with van der Waals surface area (Å²) in [5, 5.41) is 0.703. The van der Waals surface area contributed by atoms with Crippen molar-refractivity contribution in [2.45, 2.75) is 18.4 Å². The molecule has 0 amide bonds. The molecule has 2 aromatic carbocycles. The first-order valence-corrected chi connectivity index (χ1v) is 11.8. The van der Waals surface area contributed by atoms with Crippen LogP contribution in [0.4, 0.5) is 0 Å². The lowest BCUT2D eigenvalue weighted by Gasteiger charge is -2.26. The Bertz CT molecular complexity index is 1350. The van der Waals surface area contributed by atoms with Crippen molar-refractivity contribution < 1.29 is 27.1 Å². The Morgan fingerprint density at radius 1 is 1.09 bits per heavy atom. The van der Waals surface area contributed by atoms with Crippen LogP contribution in [0.5, 0.6) is 0 Å². The molecular formula is C24H23NO7S. The molecule has 0 radical (unpaired) electrons. The maximum absolute atomic E-state index is 12.7. The van der Waals surface area contributed by atoms with Gasteiger partial charge in [0.25, 0.3) is 0 Å². The molecular weight excluding hydrogens is 446 g/mol. The fourth-order valence-corrected chi connectivity index (χ4v) is 4.91. The van der Waals surface area contributed by atoms with Gasteiger partial charge in [0, 0.05) is 36.2 Å². The second kappa shape index (κ2) is 9.70. The largest absolute Gasteiger partial charge is 0.458 e. The first-order chi connectivity index (χ1) is 15.8. The summed E-state index contributed by atoms with van der Waals surface area (Å²) >= 11 is 0. The highest BCUT2D eigenvalue weighted by Gasteiger charge is 2.25. The van der Waals surface area contributed by atoms with Crippen LogP contribution in [0.2, 0.25) is 0 Å². The van der Waals surface area contributed by atoms with Crippen molar-refractivity contribution in [2.24, 2.45) is 0 Å². The third-order valence-corrected chi connectivity index (χ3v) is 7.17. The van der Waals surface area contributed by atoms with E-state index in [1.54, 1.807) is 18.2 Å². The van der Waals surface area contributed by atoms with Crippen LogP contribution in [-0.4, -0.2) is 45.0 Å². The zero-order chi connectivity index (χ0) is 23.4. The van der Waals surface area contributed by atoms with Crippen molar-refractivity contribution >= 4 is 33.0 Å². The second-order valence-corrected chi connectivity index (χ2v) is 9.55. The summed E-state index contributed by atoms with van der Waals surface area (Å²) in [6, 6.07) is 13.0. The van der Waals surface area contributed by atoms with Crippen LogP contribution >= 0.6 is 0 Å². The second-order valence-electron chi connectivity index (χ2n) is 7.62. The third kappa shape index (κ3) is 5.39. The summed E-state index contributed by atoms with van der Waals surface area (Å²) in [5.41, 5.74) is 2.08. The van der Waals surface area contributed by atoms with E-state index in [0.717, 1.165) is 5.56 Å². The highest BCUT2D eigenvalue weighted by molar-refractivity contribution is 7.89. The van der Waals surface area contributed by atoms with Crippen molar-refractivity contribution in [3.05, 3.63) is 81.7 Å². The fraction of sp³-hybridized carbons (Fsp3) is 0.250. The molecule has 1 aromatic heterocycles. The van der Waals surface area contributed by atoms with Crippen molar-refractivity contribution in [2.75, 3.05) is 26.3 Å². The first-order valence-electron chi connectivity index (χ1n) is 10.4. The molecule has 1 saturated heterocycles. The number of benzene rings is 2. The molecule has 8 nitrogen and oxygen atoms in total. The summed E-state index contributed by atoms with van der Waals surface area (Å²) < 4.78 is 42.4. The Morgan fingerprint density at radius 2 is 1.82 bits per heavy atom. The van der Waals surface area contributed by atoms with E-state index >= 15 is 0 Å². The standard InChI is InChI=1S/C24H23NO7S/c1-17-2-8-21-19(15-24(27)32-22(21)14-17)16-31-23(26)9-5-18-3-6-20(7-4-18)33(28,29)25-10-12-30-13-11-25/h2-9,14-15H,10-13,16H2,1H3/b9-5+. The number of rotatable bonds is 6. The molecule has 0 saturated carbocycles. The van der Waals surface area contributed by atoms with Gasteiger partial charge >= 0.3 is 11.6 Å². The molecule has 0 atom stereocenters. The van der Waals surface area contributed by atoms with Gasteiger partial charge in [-0.25, -0.2) is 18.0 Å². The van der Waals surface area contributed by atoms with Crippen molar-refractivity contribution in [1.82, 2.24) is 4.31 Å². The molecule has 3 aromatic rings. The quantitative estimate of drug-likeness (QED) is 0.311. The van der Waals surface area contributed by atoms with Crippen LogP contribution in [-0.2, 0) is 30.9 Å². The summed E-state index contributed by atoms with van der Waals surface area (Å²) in [6.45, 7) is 3.23. The van der Waals surface area contributed by atoms with Crippen LogP contribution in [0.25, 0.3) is 17.0 Å². The minimum atomic E-state index is -3.57. The van der Waals surface area contributed by atoms with Gasteiger partial charge in [0.1, 0.15) is 12.2 Å². The van der Waals surface area contributed by atoms with E-state index in [1.165, 1.54) is 34.7 Å². The van der Waals surface area contributed by atoms with E-state index in [2.05, 4.69) is 0 Å². The number of carbonyl (C=O) groups is 1. The van der Waals surface area contributed by atoms with Crippen molar-refractivity contribution in [3.8, 4) is 0 Å². The smallest absolute Gasteiger partial charge is 0.336 e. The Morgan fingerprint density at radius 3 is 2.55 bits per heavy atom. The van der Waals surface area contributed by atoms with Gasteiger partial charge in [0.2, 0.25) is 10.0 Å². The van der Waals surface area contributed by atoms with Gasteiger partial charge in [0.15, 0.2) is 0 Å². The highest BCUT2D eigenvalue weighted by Crippen LogP contribution is 2.20. The number of hydrogen-bond acceptors (Lipinski definition) is 7. The predicted molar refractivity (Wildman–Crippen MR) is 122 cm³/mol. The van der Waals surface area contributed by atoms with Gasteiger partial charge in [-0.3, -0.25) is 0 Å². The minimum Gasteiger partial charge on any atom is -0.458 e. The molecule has 0 unspecified atom stereocenters. The van der Waals surface area contributed by atoms with Crippen LogP contribution in [0.3, 0.4) is 0 Å². The van der Waals surface area contributed by atoms with Gasteiger partial charge < -0.3 is 13.9 Å². The topological polar surface area (TPSA) is 103 Å². The van der Waals surface area contributed by atoms with Crippen LogP contribution in [0.1, 0.15) is 16.7 Å². The number of hydrogen-bond donors (Lipinski definition) is 0. The van der Waals surface area contributed by atoms with Gasteiger partial charge in [-0.2, -0.15) is 4.31 Å². The Labute approximate surface area is 191 Å². The molecule has 1 aliphatic rings. The molecule has 1 aliphatic heterocycles. The van der Waals surface area contributed by atoms with Gasteiger partial charge in [-0.05, 0) is 42.3 Å². The lowest BCUT2D eigenvalue weighted by Crippen LogP contribution is -2.40. The summed E-state index contributed by atoms with van der Waals surface area (Å²) in [5.74, 6) is -0.589. The average molecular weight is 470 g/mol. The van der Waals surface area contributed by atoms with E-state index < -0.39 is 21.6 Å². The molecule has 172 valence electrons. The van der Waals surface area contributed by atoms with Gasteiger partial charge in [-0.1, -0.05) is 24.3 Å². The molecule has 2 heterocycles. The van der Waals surface area contributed by atoms with E-state index in [9.17, 15) is 18.0 Å². The molecule has 1 fully saturated rings. The van der Waals surface area contributed by atoms with Crippen molar-refractivity contribution in [3.63, 3.8) is 0 Å². The molecule has 0 spiro atoms. The summed E-state index contributed by atoms with van der Waals surface area (Å²) in [7, 11) is -3.57. The zero-order valence-corrected chi connectivity index (χ0v) is 18.8. The molecule has 0 aliphatic carbocycles. The molecule has 9 heteroatoms. The van der Waals surface area contributed by atoms with E-state index in [0.29, 0.717) is 48.4 Å². The number of sulfonamides is 1. The lowest BCUT2D eigenvalue weighted by molar-refractivity contribution is -0.138. The van der Waals surface area contributed by atoms with Crippen molar-refractivity contribution in [1.29, 1.82) is 0 Å². The first kappa shape index (κ1) is 22.9. The van der Waals surface area contributed by atoms with Gasteiger partial charge in [0.05, 0.1) is 18.1 Å². The number of esters is 1. The summed E-state index contributed by atoms with van der Waals surface area (Å²) in [6.07, 6.45) is 2.79. The van der Waals surface area contributed by atoms with E-state index in [4.69, 9.17) is 13.9 Å². The van der Waals surface area contributed by atoms with Crippen LogP contribution < -0.4 is 5.63 Å². The average Bonchev–Trinajstić information content (AvgIpc) is 2.81. The van der Waals surface area contributed by atoms with E-state index in [-0.39, 0.29) is 11.5 Å². The molecule has 0 bridgehead atoms.